The van der Waals surface area contributed by atoms with E-state index in [0.29, 0.717) is 6.42 Å². The van der Waals surface area contributed by atoms with E-state index in [9.17, 15) is 18.5 Å². The van der Waals surface area contributed by atoms with Crippen LogP contribution in [0.1, 0.15) is 5.01 Å². The maximum absolute atomic E-state index is 12.1. The van der Waals surface area contributed by atoms with Crippen LogP contribution in [0, 0.1) is 10.1 Å². The van der Waals surface area contributed by atoms with Crippen LogP contribution in [0.4, 0.5) is 11.4 Å². The number of nitrogens with zero attached hydrogens (tertiary/aromatic N) is 2. The van der Waals surface area contributed by atoms with Gasteiger partial charge in [-0.2, -0.15) is 0 Å². The predicted octanol–water partition coefficient (Wildman–Crippen LogP) is 1.15. The lowest BCUT2D eigenvalue weighted by atomic mass is 10.3. The van der Waals surface area contributed by atoms with Crippen LogP contribution in [0.2, 0.25) is 0 Å². The summed E-state index contributed by atoms with van der Waals surface area (Å²) in [6.45, 7) is 0.137. The summed E-state index contributed by atoms with van der Waals surface area (Å²) in [6, 6.07) is 3.30. The number of rotatable bonds is 6. The van der Waals surface area contributed by atoms with Gasteiger partial charge in [-0.05, 0) is 6.07 Å². The van der Waals surface area contributed by atoms with Crippen LogP contribution in [0.3, 0.4) is 0 Å². The number of thiazole rings is 1. The van der Waals surface area contributed by atoms with Gasteiger partial charge < -0.3 is 5.73 Å². The minimum atomic E-state index is -3.90. The standard InChI is InChI=1S/C11H12N4O4S2/c12-9-2-1-8(15(16)17)7-10(9)21(18,19)14-4-3-11-13-5-6-20-11/h1-2,5-7,14H,3-4,12H2. The highest BCUT2D eigenvalue weighted by molar-refractivity contribution is 7.89. The molecule has 0 spiro atoms. The van der Waals surface area contributed by atoms with Crippen LogP contribution in [0.15, 0.2) is 34.7 Å². The molecule has 0 fully saturated rings. The van der Waals surface area contributed by atoms with Gasteiger partial charge in [-0.3, -0.25) is 10.1 Å². The Balaban J connectivity index is 2.15. The van der Waals surface area contributed by atoms with Gasteiger partial charge in [0.25, 0.3) is 5.69 Å². The molecule has 21 heavy (non-hydrogen) atoms. The van der Waals surface area contributed by atoms with Gasteiger partial charge in [0.05, 0.1) is 15.6 Å². The number of aromatic nitrogens is 1. The third kappa shape index (κ3) is 3.74. The molecule has 0 amide bonds. The average molecular weight is 328 g/mol. The fourth-order valence-corrected chi connectivity index (χ4v) is 3.42. The van der Waals surface area contributed by atoms with Crippen molar-refractivity contribution in [3.05, 3.63) is 44.9 Å². The van der Waals surface area contributed by atoms with Gasteiger partial charge in [0, 0.05) is 36.7 Å². The third-order valence-corrected chi connectivity index (χ3v) is 4.97. The second-order valence-electron chi connectivity index (χ2n) is 4.05. The van der Waals surface area contributed by atoms with Gasteiger partial charge in [-0.25, -0.2) is 18.1 Å². The Bertz CT molecular complexity index is 744. The summed E-state index contributed by atoms with van der Waals surface area (Å²) in [5.74, 6) is 0. The molecule has 0 aliphatic carbocycles. The van der Waals surface area contributed by atoms with Crippen molar-refractivity contribution < 1.29 is 13.3 Å². The molecule has 2 rings (SSSR count). The lowest BCUT2D eigenvalue weighted by Crippen LogP contribution is -2.26. The van der Waals surface area contributed by atoms with Crippen LogP contribution < -0.4 is 10.5 Å². The average Bonchev–Trinajstić information content (AvgIpc) is 2.91. The lowest BCUT2D eigenvalue weighted by molar-refractivity contribution is -0.385. The van der Waals surface area contributed by atoms with Gasteiger partial charge >= 0.3 is 0 Å². The van der Waals surface area contributed by atoms with Gasteiger partial charge in [-0.15, -0.1) is 11.3 Å². The van der Waals surface area contributed by atoms with Crippen molar-refractivity contribution in [1.29, 1.82) is 0 Å². The Labute approximate surface area is 124 Å². The van der Waals surface area contributed by atoms with Crippen LogP contribution in [-0.4, -0.2) is 24.9 Å². The van der Waals surface area contributed by atoms with Gasteiger partial charge in [0.15, 0.2) is 0 Å². The summed E-state index contributed by atoms with van der Waals surface area (Å²) < 4.78 is 26.6. The van der Waals surface area contributed by atoms with E-state index in [0.717, 1.165) is 17.1 Å². The van der Waals surface area contributed by atoms with E-state index in [-0.39, 0.29) is 22.8 Å². The number of nitro groups is 1. The van der Waals surface area contributed by atoms with Crippen molar-refractivity contribution in [3.8, 4) is 0 Å². The molecular weight excluding hydrogens is 316 g/mol. The third-order valence-electron chi connectivity index (χ3n) is 2.61. The number of hydrogen-bond acceptors (Lipinski definition) is 7. The van der Waals surface area contributed by atoms with Crippen LogP contribution in [-0.2, 0) is 16.4 Å². The maximum atomic E-state index is 12.1. The van der Waals surface area contributed by atoms with Gasteiger partial charge in [0.1, 0.15) is 4.90 Å². The summed E-state index contributed by atoms with van der Waals surface area (Å²) >= 11 is 1.42. The van der Waals surface area contributed by atoms with Crippen molar-refractivity contribution >= 4 is 32.7 Å². The number of nitrogen functional groups attached to an aromatic ring is 1. The second kappa shape index (κ2) is 6.16. The Morgan fingerprint density at radius 3 is 2.81 bits per heavy atom. The fraction of sp³-hybridized carbons (Fsp3) is 0.182. The number of benzene rings is 1. The van der Waals surface area contributed by atoms with E-state index in [1.165, 1.54) is 17.4 Å². The molecule has 112 valence electrons. The molecule has 3 N–H and O–H groups in total. The van der Waals surface area contributed by atoms with Crippen LogP contribution >= 0.6 is 11.3 Å². The summed E-state index contributed by atoms with van der Waals surface area (Å²) in [4.78, 5) is 13.8. The SMILES string of the molecule is Nc1ccc([N+](=O)[O-])cc1S(=O)(=O)NCCc1nccs1. The number of hydrogen-bond donors (Lipinski definition) is 2. The highest BCUT2D eigenvalue weighted by atomic mass is 32.2. The van der Waals surface area contributed by atoms with Crippen molar-refractivity contribution in [2.24, 2.45) is 0 Å². The lowest BCUT2D eigenvalue weighted by Gasteiger charge is -2.08. The van der Waals surface area contributed by atoms with Crippen LogP contribution in [0.5, 0.6) is 0 Å². The highest BCUT2D eigenvalue weighted by Gasteiger charge is 2.20. The van der Waals surface area contributed by atoms with Crippen molar-refractivity contribution in [2.45, 2.75) is 11.3 Å². The summed E-state index contributed by atoms with van der Waals surface area (Å²) in [5.41, 5.74) is 5.22. The zero-order chi connectivity index (χ0) is 15.5. The highest BCUT2D eigenvalue weighted by Crippen LogP contribution is 2.23. The zero-order valence-corrected chi connectivity index (χ0v) is 12.4. The molecule has 8 nitrogen and oxygen atoms in total. The Kier molecular flexibility index (Phi) is 4.50. The zero-order valence-electron chi connectivity index (χ0n) is 10.7. The smallest absolute Gasteiger partial charge is 0.270 e. The van der Waals surface area contributed by atoms with E-state index in [1.807, 2.05) is 0 Å². The molecule has 0 aliphatic rings. The molecule has 0 bridgehead atoms. The molecule has 1 aromatic heterocycles. The van der Waals surface area contributed by atoms with E-state index in [1.54, 1.807) is 11.6 Å². The van der Waals surface area contributed by atoms with E-state index < -0.39 is 14.9 Å². The van der Waals surface area contributed by atoms with Crippen molar-refractivity contribution in [1.82, 2.24) is 9.71 Å². The molecule has 2 aromatic rings. The summed E-state index contributed by atoms with van der Waals surface area (Å²) in [7, 11) is -3.90. The minimum Gasteiger partial charge on any atom is -0.398 e. The molecular formula is C11H12N4O4S2. The molecule has 0 unspecified atom stereocenters. The Hall–Kier alpha value is -2.04. The number of anilines is 1. The number of nitrogens with two attached hydrogens (primary N) is 1. The number of sulfonamides is 1. The molecule has 1 aromatic carbocycles. The molecule has 0 radical (unpaired) electrons. The normalized spacial score (nSPS) is 11.4. The Morgan fingerprint density at radius 2 is 2.19 bits per heavy atom. The quantitative estimate of drug-likeness (QED) is 0.465. The van der Waals surface area contributed by atoms with Gasteiger partial charge in [0.2, 0.25) is 10.0 Å². The summed E-state index contributed by atoms with van der Waals surface area (Å²) in [6.07, 6.45) is 2.07. The van der Waals surface area contributed by atoms with Crippen molar-refractivity contribution in [3.63, 3.8) is 0 Å². The maximum Gasteiger partial charge on any atom is 0.270 e. The molecule has 0 saturated heterocycles. The molecule has 0 saturated carbocycles. The molecule has 1 heterocycles. The van der Waals surface area contributed by atoms with Crippen molar-refractivity contribution in [2.75, 3.05) is 12.3 Å². The first-order valence-electron chi connectivity index (χ1n) is 5.82. The van der Waals surface area contributed by atoms with E-state index >= 15 is 0 Å². The largest absolute Gasteiger partial charge is 0.398 e. The molecule has 0 atom stereocenters. The molecule has 10 heteroatoms. The van der Waals surface area contributed by atoms with E-state index in [4.69, 9.17) is 5.73 Å². The fourth-order valence-electron chi connectivity index (χ4n) is 1.62. The monoisotopic (exact) mass is 328 g/mol. The Morgan fingerprint density at radius 1 is 1.43 bits per heavy atom. The summed E-state index contributed by atoms with van der Waals surface area (Å²) in [5, 5.41) is 13.3. The first kappa shape index (κ1) is 15.4. The second-order valence-corrected chi connectivity index (χ2v) is 6.77. The van der Waals surface area contributed by atoms with Crippen LogP contribution in [0.25, 0.3) is 0 Å². The first-order valence-corrected chi connectivity index (χ1v) is 8.18. The minimum absolute atomic E-state index is 0.0395. The topological polar surface area (TPSA) is 128 Å². The number of non-ortho nitro benzene ring substituents is 1. The molecule has 0 aliphatic heterocycles. The number of nitrogens with one attached hydrogen (secondary N) is 1. The first-order chi connectivity index (χ1) is 9.90. The van der Waals surface area contributed by atoms with Gasteiger partial charge in [-0.1, -0.05) is 0 Å². The number of nitro benzene ring substituents is 1. The van der Waals surface area contributed by atoms with E-state index in [2.05, 4.69) is 9.71 Å². The predicted molar refractivity (Wildman–Crippen MR) is 78.5 cm³/mol.